The normalized spacial score (nSPS) is 17.6. The van der Waals surface area contributed by atoms with E-state index in [1.807, 2.05) is 0 Å². The summed E-state index contributed by atoms with van der Waals surface area (Å²) in [6, 6.07) is 2.95. The molecule has 24 heavy (non-hydrogen) atoms. The number of aromatic nitrogens is 4. The molecule has 2 aromatic rings. The molecule has 12 heteroatoms. The van der Waals surface area contributed by atoms with Crippen LogP contribution in [0.3, 0.4) is 0 Å². The highest BCUT2D eigenvalue weighted by atomic mass is 32.2. The van der Waals surface area contributed by atoms with Crippen LogP contribution in [0.4, 0.5) is 19.0 Å². The molecule has 3 rings (SSSR count). The Kier molecular flexibility index (Phi) is 4.11. The summed E-state index contributed by atoms with van der Waals surface area (Å²) in [6.45, 7) is 2.80. The lowest BCUT2D eigenvalue weighted by molar-refractivity contribution is -0.146. The van der Waals surface area contributed by atoms with Crippen molar-refractivity contribution >= 4 is 21.5 Å². The number of nitrogens with zero attached hydrogens (tertiary/aromatic N) is 6. The molecule has 1 saturated heterocycles. The topological polar surface area (TPSA) is 83.7 Å². The Bertz CT molecular complexity index is 842. The van der Waals surface area contributed by atoms with Crippen molar-refractivity contribution < 1.29 is 21.6 Å². The molecule has 2 aromatic heterocycles. The van der Waals surface area contributed by atoms with E-state index in [1.165, 1.54) is 10.4 Å². The highest BCUT2D eigenvalue weighted by molar-refractivity contribution is 7.89. The first-order valence-electron chi connectivity index (χ1n) is 7.25. The predicted molar refractivity (Wildman–Crippen MR) is 79.0 cm³/mol. The number of sulfonamides is 1. The number of hydrogen-bond donors (Lipinski definition) is 0. The van der Waals surface area contributed by atoms with Crippen molar-refractivity contribution in [3.63, 3.8) is 0 Å². The number of hydrogen-bond acceptors (Lipinski definition) is 6. The molecule has 0 aromatic carbocycles. The molecule has 0 aliphatic carbocycles. The van der Waals surface area contributed by atoms with Crippen LogP contribution in [0, 0.1) is 0 Å². The fourth-order valence-corrected chi connectivity index (χ4v) is 3.59. The van der Waals surface area contributed by atoms with Gasteiger partial charge in [-0.05, 0) is 19.1 Å². The molecule has 0 amide bonds. The molecule has 8 nitrogen and oxygen atoms in total. The first-order chi connectivity index (χ1) is 11.2. The maximum absolute atomic E-state index is 12.9. The molecular formula is C12H15F3N6O2S. The summed E-state index contributed by atoms with van der Waals surface area (Å²) in [5, 5.41) is 10.5. The van der Waals surface area contributed by atoms with Crippen LogP contribution >= 0.6 is 0 Å². The summed E-state index contributed by atoms with van der Waals surface area (Å²) >= 11 is 0. The van der Waals surface area contributed by atoms with E-state index in [2.05, 4.69) is 15.3 Å². The molecule has 0 radical (unpaired) electrons. The first kappa shape index (κ1) is 16.9. The van der Waals surface area contributed by atoms with Gasteiger partial charge in [0.1, 0.15) is 5.82 Å². The molecule has 0 unspecified atom stereocenters. The minimum Gasteiger partial charge on any atom is -0.353 e. The summed E-state index contributed by atoms with van der Waals surface area (Å²) in [5.41, 5.74) is -0.00160. The molecule has 0 atom stereocenters. The Morgan fingerprint density at radius 3 is 2.38 bits per heavy atom. The second-order valence-electron chi connectivity index (χ2n) is 5.27. The second kappa shape index (κ2) is 5.84. The van der Waals surface area contributed by atoms with Gasteiger partial charge in [-0.25, -0.2) is 8.42 Å². The largest absolute Gasteiger partial charge is 0.453 e. The van der Waals surface area contributed by atoms with Crippen molar-refractivity contribution in [2.24, 2.45) is 0 Å². The summed E-state index contributed by atoms with van der Waals surface area (Å²) < 4.78 is 64.4. The first-order valence-corrected chi connectivity index (χ1v) is 8.86. The van der Waals surface area contributed by atoms with E-state index < -0.39 is 22.0 Å². The van der Waals surface area contributed by atoms with Crippen molar-refractivity contribution in [1.29, 1.82) is 0 Å². The molecule has 0 N–H and O–H groups in total. The van der Waals surface area contributed by atoms with Crippen LogP contribution < -0.4 is 4.90 Å². The van der Waals surface area contributed by atoms with Crippen LogP contribution in [0.2, 0.25) is 0 Å². The SMILES string of the molecule is CCS(=O)(=O)N1CCN(c2ccc3nnc(C(F)(F)F)n3n2)CC1. The van der Waals surface area contributed by atoms with Crippen LogP contribution in [-0.4, -0.2) is 64.5 Å². The quantitative estimate of drug-likeness (QED) is 0.794. The van der Waals surface area contributed by atoms with Gasteiger partial charge in [0, 0.05) is 26.2 Å². The van der Waals surface area contributed by atoms with Gasteiger partial charge in [-0.1, -0.05) is 0 Å². The third-order valence-corrected chi connectivity index (χ3v) is 5.70. The van der Waals surface area contributed by atoms with E-state index in [1.54, 1.807) is 17.9 Å². The van der Waals surface area contributed by atoms with Crippen LogP contribution in [0.1, 0.15) is 12.7 Å². The maximum atomic E-state index is 12.9. The summed E-state index contributed by atoms with van der Waals surface area (Å²) in [7, 11) is -3.27. The molecule has 0 saturated carbocycles. The molecule has 3 heterocycles. The van der Waals surface area contributed by atoms with Crippen LogP contribution in [0.15, 0.2) is 12.1 Å². The van der Waals surface area contributed by atoms with E-state index in [0.717, 1.165) is 0 Å². The number of anilines is 1. The lowest BCUT2D eigenvalue weighted by Gasteiger charge is -2.34. The minimum absolute atomic E-state index is 0.00160. The summed E-state index contributed by atoms with van der Waals surface area (Å²) in [4.78, 5) is 1.74. The van der Waals surface area contributed by atoms with Crippen molar-refractivity contribution in [2.45, 2.75) is 13.1 Å². The van der Waals surface area contributed by atoms with Gasteiger partial charge < -0.3 is 4.90 Å². The highest BCUT2D eigenvalue weighted by Crippen LogP contribution is 2.28. The van der Waals surface area contributed by atoms with Crippen LogP contribution in [0.25, 0.3) is 5.65 Å². The standard InChI is InChI=1S/C12H15F3N6O2S/c1-2-24(22,23)20-7-5-19(6-8-20)10-4-3-9-16-17-11(12(13,14)15)21(9)18-10/h3-4H,2,5-8H2,1H3. The molecule has 1 fully saturated rings. The van der Waals surface area contributed by atoms with Crippen molar-refractivity contribution in [3.8, 4) is 0 Å². The van der Waals surface area contributed by atoms with Gasteiger partial charge in [0.2, 0.25) is 10.0 Å². The van der Waals surface area contributed by atoms with E-state index in [9.17, 15) is 21.6 Å². The molecule has 0 spiro atoms. The number of fused-ring (bicyclic) bond motifs is 1. The monoisotopic (exact) mass is 364 g/mol. The Morgan fingerprint density at radius 1 is 1.12 bits per heavy atom. The zero-order valence-corrected chi connectivity index (χ0v) is 13.5. The lowest BCUT2D eigenvalue weighted by atomic mass is 10.3. The van der Waals surface area contributed by atoms with E-state index in [4.69, 9.17) is 0 Å². The van der Waals surface area contributed by atoms with Gasteiger partial charge in [-0.15, -0.1) is 15.3 Å². The Balaban J connectivity index is 1.84. The number of rotatable bonds is 3. The number of alkyl halides is 3. The summed E-state index contributed by atoms with van der Waals surface area (Å²) in [6.07, 6.45) is -4.65. The van der Waals surface area contributed by atoms with E-state index in [-0.39, 0.29) is 24.5 Å². The van der Waals surface area contributed by atoms with Gasteiger partial charge in [0.15, 0.2) is 5.65 Å². The minimum atomic E-state index is -4.65. The van der Waals surface area contributed by atoms with Gasteiger partial charge in [-0.3, -0.25) is 0 Å². The molecule has 0 bridgehead atoms. The van der Waals surface area contributed by atoms with Crippen molar-refractivity contribution in [3.05, 3.63) is 18.0 Å². The average molecular weight is 364 g/mol. The second-order valence-corrected chi connectivity index (χ2v) is 7.53. The van der Waals surface area contributed by atoms with Crippen LogP contribution in [0.5, 0.6) is 0 Å². The summed E-state index contributed by atoms with van der Waals surface area (Å²) in [5.74, 6) is -0.847. The Morgan fingerprint density at radius 2 is 1.79 bits per heavy atom. The van der Waals surface area contributed by atoms with Crippen molar-refractivity contribution in [2.75, 3.05) is 36.8 Å². The average Bonchev–Trinajstić information content (AvgIpc) is 2.98. The number of piperazine rings is 1. The van der Waals surface area contributed by atoms with Gasteiger partial charge in [0.25, 0.3) is 5.82 Å². The number of halogens is 3. The third-order valence-electron chi connectivity index (χ3n) is 3.82. The Labute approximate surface area is 135 Å². The third kappa shape index (κ3) is 3.02. The van der Waals surface area contributed by atoms with E-state index >= 15 is 0 Å². The molecule has 1 aliphatic rings. The fraction of sp³-hybridized carbons (Fsp3) is 0.583. The van der Waals surface area contributed by atoms with Crippen molar-refractivity contribution in [1.82, 2.24) is 24.1 Å². The lowest BCUT2D eigenvalue weighted by Crippen LogP contribution is -2.49. The van der Waals surface area contributed by atoms with Gasteiger partial charge in [-0.2, -0.15) is 22.0 Å². The van der Waals surface area contributed by atoms with Crippen LogP contribution in [-0.2, 0) is 16.2 Å². The maximum Gasteiger partial charge on any atom is 0.453 e. The molecular weight excluding hydrogens is 349 g/mol. The Hall–Kier alpha value is -1.95. The van der Waals surface area contributed by atoms with Gasteiger partial charge >= 0.3 is 6.18 Å². The predicted octanol–water partition coefficient (Wildman–Crippen LogP) is 0.615. The smallest absolute Gasteiger partial charge is 0.353 e. The fourth-order valence-electron chi connectivity index (χ4n) is 2.50. The highest BCUT2D eigenvalue weighted by Gasteiger charge is 2.38. The molecule has 1 aliphatic heterocycles. The van der Waals surface area contributed by atoms with E-state index in [0.29, 0.717) is 23.4 Å². The zero-order chi connectivity index (χ0) is 17.5. The zero-order valence-electron chi connectivity index (χ0n) is 12.7. The van der Waals surface area contributed by atoms with Gasteiger partial charge in [0.05, 0.1) is 5.75 Å². The molecule has 132 valence electrons.